The molecule has 0 bridgehead atoms. The summed E-state index contributed by atoms with van der Waals surface area (Å²) < 4.78 is 32.9. The Morgan fingerprint density at radius 1 is 1.32 bits per heavy atom. The Bertz CT molecular complexity index is 594. The smallest absolute Gasteiger partial charge is 0.195 e. The Morgan fingerprint density at radius 2 is 1.92 bits per heavy atom. The van der Waals surface area contributed by atoms with E-state index in [1.165, 1.54) is 0 Å². The lowest BCUT2D eigenvalue weighted by molar-refractivity contribution is -0.150. The third-order valence-electron chi connectivity index (χ3n) is 4.37. The van der Waals surface area contributed by atoms with Crippen LogP contribution in [0.5, 0.6) is 5.75 Å². The van der Waals surface area contributed by atoms with Gasteiger partial charge in [-0.25, -0.2) is 0 Å². The van der Waals surface area contributed by atoms with Gasteiger partial charge < -0.3 is 18.8 Å². The molecule has 0 saturated carbocycles. The number of benzene rings is 1. The fraction of sp³-hybridized carbons (Fsp3) is 0.684. The van der Waals surface area contributed by atoms with Crippen LogP contribution in [-0.2, 0) is 26.6 Å². The number of ether oxygens (including phenoxy) is 3. The van der Waals surface area contributed by atoms with Gasteiger partial charge in [0.25, 0.3) is 0 Å². The predicted octanol–water partition coefficient (Wildman–Crippen LogP) is 3.73. The van der Waals surface area contributed by atoms with Crippen molar-refractivity contribution < 1.29 is 18.8 Å². The van der Waals surface area contributed by atoms with Gasteiger partial charge in [0.1, 0.15) is 10.5 Å². The molecule has 1 fully saturated rings. The second kappa shape index (κ2) is 7.84. The molecule has 1 N–H and O–H groups in total. The van der Waals surface area contributed by atoms with Crippen LogP contribution in [0.25, 0.3) is 0 Å². The molecule has 25 heavy (non-hydrogen) atoms. The lowest BCUT2D eigenvalue weighted by Gasteiger charge is -2.30. The summed E-state index contributed by atoms with van der Waals surface area (Å²) in [6.07, 6.45) is 0. The van der Waals surface area contributed by atoms with E-state index in [-0.39, 0.29) is 10.8 Å². The zero-order valence-corrected chi connectivity index (χ0v) is 17.2. The van der Waals surface area contributed by atoms with E-state index in [9.17, 15) is 4.55 Å². The first-order valence-corrected chi connectivity index (χ1v) is 9.98. The standard InChI is InChI=1S/C19H31NO4S/c1-8-22-17-13(2)15(14(3)20-25(21)18(4,5)6)9-10-16(17)19(7)23-11-12-24-19/h9-10,14,20H,8,11-12H2,1-7H3/t14-,25+/m1/s1. The summed E-state index contributed by atoms with van der Waals surface area (Å²) in [5, 5.41) is 0. The Kier molecular flexibility index (Phi) is 6.44. The SMILES string of the molecule is CCOc1c(C2(C)OCCO2)ccc([C@@H](C)N[S@@+]([O-])C(C)(C)C)c1C. The van der Waals surface area contributed by atoms with Gasteiger partial charge in [-0.3, -0.25) is 0 Å². The molecule has 0 aromatic heterocycles. The Balaban J connectivity index is 2.36. The molecule has 1 heterocycles. The van der Waals surface area contributed by atoms with Crippen molar-refractivity contribution in [2.24, 2.45) is 0 Å². The molecule has 2 atom stereocenters. The predicted molar refractivity (Wildman–Crippen MR) is 101 cm³/mol. The Labute approximate surface area is 154 Å². The average Bonchev–Trinajstić information content (AvgIpc) is 2.96. The summed E-state index contributed by atoms with van der Waals surface area (Å²) >= 11 is -1.14. The highest BCUT2D eigenvalue weighted by atomic mass is 32.2. The first-order valence-electron chi connectivity index (χ1n) is 8.83. The van der Waals surface area contributed by atoms with Crippen molar-refractivity contribution in [1.82, 2.24) is 4.72 Å². The van der Waals surface area contributed by atoms with Crippen LogP contribution in [-0.4, -0.2) is 29.1 Å². The zero-order chi connectivity index (χ0) is 18.8. The molecule has 0 unspecified atom stereocenters. The van der Waals surface area contributed by atoms with E-state index in [0.717, 1.165) is 22.4 Å². The van der Waals surface area contributed by atoms with Gasteiger partial charge in [-0.2, -0.15) is 0 Å². The van der Waals surface area contributed by atoms with E-state index in [1.807, 2.05) is 60.6 Å². The average molecular weight is 370 g/mol. The maximum Gasteiger partial charge on any atom is 0.195 e. The second-order valence-corrected chi connectivity index (χ2v) is 9.45. The van der Waals surface area contributed by atoms with Crippen molar-refractivity contribution in [3.05, 3.63) is 28.8 Å². The summed E-state index contributed by atoms with van der Waals surface area (Å²) in [6.45, 7) is 15.5. The summed E-state index contributed by atoms with van der Waals surface area (Å²) in [6, 6.07) is 3.98. The maximum absolute atomic E-state index is 12.4. The lowest BCUT2D eigenvalue weighted by atomic mass is 9.95. The molecule has 1 aromatic rings. The van der Waals surface area contributed by atoms with E-state index in [4.69, 9.17) is 14.2 Å². The molecule has 0 radical (unpaired) electrons. The van der Waals surface area contributed by atoms with Crippen LogP contribution in [0.2, 0.25) is 0 Å². The van der Waals surface area contributed by atoms with Crippen LogP contribution < -0.4 is 9.46 Å². The number of hydrogen-bond acceptors (Lipinski definition) is 5. The highest BCUT2D eigenvalue weighted by Gasteiger charge is 2.37. The van der Waals surface area contributed by atoms with Gasteiger partial charge in [-0.05, 0) is 65.7 Å². The van der Waals surface area contributed by atoms with Crippen molar-refractivity contribution in [1.29, 1.82) is 0 Å². The summed E-state index contributed by atoms with van der Waals surface area (Å²) in [5.74, 6) is 0.0122. The van der Waals surface area contributed by atoms with Crippen molar-refractivity contribution in [2.75, 3.05) is 19.8 Å². The third kappa shape index (κ3) is 4.49. The molecule has 2 rings (SSSR count). The van der Waals surface area contributed by atoms with Crippen molar-refractivity contribution in [3.8, 4) is 5.75 Å². The first-order chi connectivity index (χ1) is 11.6. The fourth-order valence-corrected chi connectivity index (χ4v) is 3.74. The van der Waals surface area contributed by atoms with Crippen LogP contribution in [0.4, 0.5) is 0 Å². The molecular formula is C19H31NO4S. The van der Waals surface area contributed by atoms with Crippen molar-refractivity contribution >= 4 is 11.4 Å². The minimum absolute atomic E-state index is 0.0634. The molecule has 0 amide bonds. The van der Waals surface area contributed by atoms with Gasteiger partial charge in [0.05, 0.1) is 31.4 Å². The Morgan fingerprint density at radius 3 is 2.44 bits per heavy atom. The fourth-order valence-electron chi connectivity index (χ4n) is 2.93. The molecular weight excluding hydrogens is 338 g/mol. The quantitative estimate of drug-likeness (QED) is 0.774. The van der Waals surface area contributed by atoms with Gasteiger partial charge in [-0.15, -0.1) is 4.72 Å². The van der Waals surface area contributed by atoms with Gasteiger partial charge in [0, 0.05) is 11.4 Å². The highest BCUT2D eigenvalue weighted by Crippen LogP contribution is 2.41. The lowest BCUT2D eigenvalue weighted by Crippen LogP contribution is -2.40. The van der Waals surface area contributed by atoms with E-state index < -0.39 is 17.1 Å². The summed E-state index contributed by atoms with van der Waals surface area (Å²) in [5.41, 5.74) is 2.98. The van der Waals surface area contributed by atoms with Gasteiger partial charge >= 0.3 is 0 Å². The molecule has 1 aromatic carbocycles. The van der Waals surface area contributed by atoms with Crippen molar-refractivity contribution in [2.45, 2.75) is 65.0 Å². The van der Waals surface area contributed by atoms with Gasteiger partial charge in [-0.1, -0.05) is 6.07 Å². The summed E-state index contributed by atoms with van der Waals surface area (Å²) in [7, 11) is 0. The van der Waals surface area contributed by atoms with E-state index in [1.54, 1.807) is 0 Å². The molecule has 1 saturated heterocycles. The highest BCUT2D eigenvalue weighted by molar-refractivity contribution is 7.90. The van der Waals surface area contributed by atoms with Gasteiger partial charge in [0.15, 0.2) is 5.79 Å². The second-order valence-electron chi connectivity index (χ2n) is 7.45. The largest absolute Gasteiger partial charge is 0.598 e. The van der Waals surface area contributed by atoms with Crippen LogP contribution in [0.1, 0.15) is 64.3 Å². The van der Waals surface area contributed by atoms with Crippen LogP contribution in [0.3, 0.4) is 0 Å². The third-order valence-corrected chi connectivity index (χ3v) is 6.05. The molecule has 5 nitrogen and oxygen atoms in total. The zero-order valence-electron chi connectivity index (χ0n) is 16.4. The number of hydrogen-bond donors (Lipinski definition) is 1. The minimum atomic E-state index is -1.14. The van der Waals surface area contributed by atoms with Gasteiger partial charge in [0.2, 0.25) is 0 Å². The number of rotatable bonds is 6. The van der Waals surface area contributed by atoms with Crippen LogP contribution in [0.15, 0.2) is 12.1 Å². The molecule has 6 heteroatoms. The number of nitrogens with one attached hydrogen (secondary N) is 1. The van der Waals surface area contributed by atoms with E-state index >= 15 is 0 Å². The molecule has 0 aliphatic carbocycles. The molecule has 1 aliphatic heterocycles. The normalized spacial score (nSPS) is 19.7. The monoisotopic (exact) mass is 369 g/mol. The summed E-state index contributed by atoms with van der Waals surface area (Å²) in [4.78, 5) is 0. The minimum Gasteiger partial charge on any atom is -0.598 e. The molecule has 1 aliphatic rings. The Hall–Kier alpha value is -0.790. The van der Waals surface area contributed by atoms with Crippen molar-refractivity contribution in [3.63, 3.8) is 0 Å². The van der Waals surface area contributed by atoms with E-state index in [0.29, 0.717) is 19.8 Å². The molecule has 142 valence electrons. The van der Waals surface area contributed by atoms with Crippen LogP contribution >= 0.6 is 0 Å². The molecule has 0 spiro atoms. The maximum atomic E-state index is 12.4. The first kappa shape index (κ1) is 20.5. The topological polar surface area (TPSA) is 62.8 Å². The van der Waals surface area contributed by atoms with Crippen LogP contribution in [0, 0.1) is 6.92 Å². The van der Waals surface area contributed by atoms with E-state index in [2.05, 4.69) is 4.72 Å².